The van der Waals surface area contributed by atoms with Crippen LogP contribution in [0.5, 0.6) is 0 Å². The Balaban J connectivity index is 1.43. The number of hydrogen-bond acceptors (Lipinski definition) is 8. The topological polar surface area (TPSA) is 223 Å². The number of halogens is 3. The molecule has 0 aromatic carbocycles. The maximum Gasteiger partial charge on any atom is 0.449 e. The highest BCUT2D eigenvalue weighted by atomic mass is 19.4. The number of H-pyrrole nitrogens is 1. The molecule has 15 nitrogen and oxygen atoms in total. The third kappa shape index (κ3) is 3.28. The Morgan fingerprint density at radius 1 is 1.22 bits per heavy atom. The van der Waals surface area contributed by atoms with E-state index in [-0.39, 0.29) is 31.3 Å². The molecule has 9 N–H and O–H groups in total. The minimum atomic E-state index is -4.83. The maximum absolute atomic E-state index is 12.8. The number of aromatic amines is 1. The zero-order valence-corrected chi connectivity index (χ0v) is 18.2. The van der Waals surface area contributed by atoms with E-state index in [4.69, 9.17) is 10.8 Å². The minimum Gasteiger partial charge on any atom is -0.361 e. The fraction of sp³-hybridized carbons (Fsp3) is 0.556. The molecule has 4 atom stereocenters. The van der Waals surface area contributed by atoms with Gasteiger partial charge in [-0.3, -0.25) is 30.1 Å². The Kier molecular flexibility index (Phi) is 4.98. The van der Waals surface area contributed by atoms with Gasteiger partial charge in [0.05, 0.1) is 24.8 Å². The van der Waals surface area contributed by atoms with Crippen molar-refractivity contribution < 1.29 is 37.8 Å². The lowest BCUT2D eigenvalue weighted by atomic mass is 9.84. The zero-order valence-electron chi connectivity index (χ0n) is 18.2. The van der Waals surface area contributed by atoms with E-state index in [9.17, 15) is 37.8 Å². The van der Waals surface area contributed by atoms with Gasteiger partial charge in [-0.05, 0) is 0 Å². The molecule has 194 valence electrons. The van der Waals surface area contributed by atoms with Crippen LogP contribution in [0, 0.1) is 10.8 Å². The molecule has 4 aliphatic rings. The summed E-state index contributed by atoms with van der Waals surface area (Å²) < 4.78 is 38.5. The van der Waals surface area contributed by atoms with E-state index in [1.54, 1.807) is 0 Å². The fourth-order valence-corrected chi connectivity index (χ4v) is 5.17. The number of aromatic nitrogens is 2. The van der Waals surface area contributed by atoms with Crippen LogP contribution in [0.15, 0.2) is 6.20 Å². The molecule has 5 rings (SSSR count). The first-order chi connectivity index (χ1) is 16.8. The van der Waals surface area contributed by atoms with Gasteiger partial charge in [0.1, 0.15) is 11.7 Å². The van der Waals surface area contributed by atoms with Crippen LogP contribution in [0.25, 0.3) is 0 Å². The van der Waals surface area contributed by atoms with Crippen LogP contribution >= 0.6 is 0 Å². The molecular weight excluding hydrogens is 493 g/mol. The van der Waals surface area contributed by atoms with Crippen molar-refractivity contribution in [3.63, 3.8) is 0 Å². The van der Waals surface area contributed by atoms with Crippen molar-refractivity contribution in [1.82, 2.24) is 41.0 Å². The quantitative estimate of drug-likeness (QED) is 0.144. The van der Waals surface area contributed by atoms with Crippen LogP contribution in [0.3, 0.4) is 0 Å². The first-order valence-electron chi connectivity index (χ1n) is 10.7. The molecule has 1 aromatic rings. The lowest BCUT2D eigenvalue weighted by Gasteiger charge is -2.51. The van der Waals surface area contributed by atoms with Crippen LogP contribution in [-0.2, 0) is 15.8 Å². The number of hydrogen-bond donors (Lipinski definition) is 9. The van der Waals surface area contributed by atoms with Gasteiger partial charge >= 0.3 is 6.18 Å². The fourth-order valence-electron chi connectivity index (χ4n) is 5.17. The first-order valence-corrected chi connectivity index (χ1v) is 10.7. The second-order valence-electron chi connectivity index (χ2n) is 8.89. The number of nitrogens with one attached hydrogen (secondary N) is 7. The molecule has 1 aromatic heterocycles. The predicted molar refractivity (Wildman–Crippen MR) is 110 cm³/mol. The Morgan fingerprint density at radius 3 is 2.50 bits per heavy atom. The number of imidazole rings is 1. The van der Waals surface area contributed by atoms with Crippen LogP contribution in [-0.4, -0.2) is 102 Å². The largest absolute Gasteiger partial charge is 0.449 e. The van der Waals surface area contributed by atoms with Crippen molar-refractivity contribution in [2.75, 3.05) is 13.1 Å². The number of likely N-dealkylation sites (tertiary alicyclic amines) is 1. The first kappa shape index (κ1) is 23.8. The number of carbonyl (C=O) groups is 3. The smallest absolute Gasteiger partial charge is 0.361 e. The molecule has 4 saturated heterocycles. The van der Waals surface area contributed by atoms with E-state index in [1.807, 2.05) is 4.98 Å². The van der Waals surface area contributed by atoms with E-state index in [1.165, 1.54) is 0 Å². The van der Waals surface area contributed by atoms with E-state index < -0.39 is 71.5 Å². The lowest BCUT2D eigenvalue weighted by molar-refractivity contribution is -0.232. The number of aliphatic hydroxyl groups is 2. The third-order valence-corrected chi connectivity index (χ3v) is 6.83. The normalized spacial score (nSPS) is 31.1. The Labute approximate surface area is 199 Å². The van der Waals surface area contributed by atoms with Crippen molar-refractivity contribution in [1.29, 1.82) is 10.8 Å². The summed E-state index contributed by atoms with van der Waals surface area (Å²) in [4.78, 5) is 43.9. The minimum absolute atomic E-state index is 0.0220. The summed E-state index contributed by atoms with van der Waals surface area (Å²) >= 11 is 0. The van der Waals surface area contributed by atoms with E-state index in [2.05, 4.69) is 26.3 Å². The molecule has 1 spiro atoms. The Bertz CT molecular complexity index is 1170. The summed E-state index contributed by atoms with van der Waals surface area (Å²) in [5, 5.41) is 49.4. The molecule has 0 bridgehead atoms. The van der Waals surface area contributed by atoms with Gasteiger partial charge in [0.25, 0.3) is 5.91 Å². The molecule has 5 heterocycles. The van der Waals surface area contributed by atoms with Crippen LogP contribution < -0.4 is 21.3 Å². The molecule has 4 aliphatic heterocycles. The number of amides is 3. The number of nitrogens with zero attached hydrogens (tertiary/aromatic N) is 3. The number of carbonyl (C=O) groups excluding carboxylic acids is 3. The van der Waals surface area contributed by atoms with Gasteiger partial charge in [-0.25, -0.2) is 4.98 Å². The summed E-state index contributed by atoms with van der Waals surface area (Å²) in [7, 11) is 0. The van der Waals surface area contributed by atoms with Crippen molar-refractivity contribution in [2.24, 2.45) is 0 Å². The molecule has 0 aliphatic carbocycles. The standard InChI is InChI=1S/C18H21F3N10O5/c19-18(20,21)13-24-3-6(25-13)12(34)27-8-5-31-15(23)26-7(4-30-9(32)1-2-10(30)33)11-16(31,17(8,35)36)29-14(22)28-11/h3,7-8,11,35-36H,1-2,4-5H2,(H2,23,26)(H,24,25)(H,27,34)(H3,22,28,29)/t7-,8?,11-,16?/m0/s1. The molecule has 18 heteroatoms. The Morgan fingerprint density at radius 2 is 1.89 bits per heavy atom. The SMILES string of the molecule is N=C1N[C@H]2[C@H](CN3C(=O)CCC3=O)NC(=N)N3CC(NC(=O)c4cnc(C(F)(F)F)[nH]4)C(O)(O)C23N1. The number of rotatable bonds is 4. The van der Waals surface area contributed by atoms with Crippen molar-refractivity contribution in [3.05, 3.63) is 17.7 Å². The molecule has 36 heavy (non-hydrogen) atoms. The van der Waals surface area contributed by atoms with Crippen LogP contribution in [0.2, 0.25) is 0 Å². The van der Waals surface area contributed by atoms with E-state index in [0.717, 1.165) is 9.80 Å². The van der Waals surface area contributed by atoms with Gasteiger partial charge < -0.3 is 41.4 Å². The van der Waals surface area contributed by atoms with Gasteiger partial charge in [0.2, 0.25) is 23.4 Å². The van der Waals surface area contributed by atoms with E-state index in [0.29, 0.717) is 6.20 Å². The summed E-state index contributed by atoms with van der Waals surface area (Å²) in [6.07, 6.45) is -4.14. The summed E-state index contributed by atoms with van der Waals surface area (Å²) in [6, 6.07) is -3.59. The molecule has 0 radical (unpaired) electrons. The van der Waals surface area contributed by atoms with Gasteiger partial charge in [-0.1, -0.05) is 0 Å². The summed E-state index contributed by atoms with van der Waals surface area (Å²) in [5.41, 5.74) is -2.59. The Hall–Kier alpha value is -3.93. The zero-order chi connectivity index (χ0) is 26.2. The van der Waals surface area contributed by atoms with Crippen molar-refractivity contribution in [2.45, 2.75) is 48.6 Å². The second kappa shape index (κ2) is 7.53. The maximum atomic E-state index is 12.8. The van der Waals surface area contributed by atoms with Gasteiger partial charge in [0, 0.05) is 19.4 Å². The second-order valence-corrected chi connectivity index (χ2v) is 8.89. The van der Waals surface area contributed by atoms with Gasteiger partial charge in [-0.2, -0.15) is 13.2 Å². The van der Waals surface area contributed by atoms with E-state index >= 15 is 0 Å². The van der Waals surface area contributed by atoms with Crippen LogP contribution in [0.1, 0.15) is 29.2 Å². The van der Waals surface area contributed by atoms with Gasteiger partial charge in [-0.15, -0.1) is 0 Å². The predicted octanol–water partition coefficient (Wildman–Crippen LogP) is -3.23. The molecule has 2 unspecified atom stereocenters. The monoisotopic (exact) mass is 514 g/mol. The van der Waals surface area contributed by atoms with Gasteiger partial charge in [0.15, 0.2) is 17.6 Å². The number of guanidine groups is 2. The molecule has 3 amide bonds. The summed E-state index contributed by atoms with van der Waals surface area (Å²) in [6.45, 7) is -0.624. The average Bonchev–Trinajstić information content (AvgIpc) is 3.52. The average molecular weight is 514 g/mol. The number of alkyl halides is 3. The number of imide groups is 1. The molecular formula is C18H21F3N10O5. The van der Waals surface area contributed by atoms with Crippen molar-refractivity contribution >= 4 is 29.6 Å². The highest BCUT2D eigenvalue weighted by molar-refractivity contribution is 6.02. The summed E-state index contributed by atoms with van der Waals surface area (Å²) in [5.74, 6) is -6.99. The third-order valence-electron chi connectivity index (χ3n) is 6.83. The highest BCUT2D eigenvalue weighted by Gasteiger charge is 2.74. The molecule has 0 saturated carbocycles. The highest BCUT2D eigenvalue weighted by Crippen LogP contribution is 2.43. The van der Waals surface area contributed by atoms with Crippen molar-refractivity contribution in [3.8, 4) is 0 Å². The molecule has 4 fully saturated rings. The lowest BCUT2D eigenvalue weighted by Crippen LogP contribution is -2.81. The van der Waals surface area contributed by atoms with Crippen LogP contribution in [0.4, 0.5) is 13.2 Å².